The van der Waals surface area contributed by atoms with Gasteiger partial charge in [0.05, 0.1) is 21.2 Å². The molecule has 1 aromatic rings. The van der Waals surface area contributed by atoms with Crippen LogP contribution in [0, 0.1) is 6.92 Å². The molecule has 0 saturated heterocycles. The van der Waals surface area contributed by atoms with Gasteiger partial charge in [-0.05, 0) is 13.0 Å². The molecule has 77 valence electrons. The fourth-order valence-corrected chi connectivity index (χ4v) is 1.39. The molecule has 14 heavy (non-hydrogen) atoms. The lowest BCUT2D eigenvalue weighted by molar-refractivity contribution is 0.142. The smallest absolute Gasteiger partial charge is 0.139 e. The van der Waals surface area contributed by atoms with Crippen LogP contribution in [0.2, 0.25) is 15.1 Å². The highest BCUT2D eigenvalue weighted by molar-refractivity contribution is 6.43. The van der Waals surface area contributed by atoms with E-state index in [-0.39, 0.29) is 6.61 Å². The van der Waals surface area contributed by atoms with Gasteiger partial charge in [-0.1, -0.05) is 34.8 Å². The zero-order chi connectivity index (χ0) is 10.7. The van der Waals surface area contributed by atoms with Crippen molar-refractivity contribution in [3.05, 3.63) is 34.1 Å². The highest BCUT2D eigenvalue weighted by Gasteiger charge is 2.07. The third kappa shape index (κ3) is 3.21. The predicted octanol–water partition coefficient (Wildman–Crippen LogP) is 3.22. The number of hydrogen-bond donors (Lipinski definition) is 1. The Morgan fingerprint density at radius 1 is 1.21 bits per heavy atom. The van der Waals surface area contributed by atoms with Crippen LogP contribution in [0.15, 0.2) is 12.1 Å². The zero-order valence-corrected chi connectivity index (χ0v) is 9.40. The average molecular weight is 255 g/mol. The van der Waals surface area contributed by atoms with E-state index >= 15 is 0 Å². The lowest BCUT2D eigenvalue weighted by Gasteiger charge is -2.10. The molecule has 0 bridgehead atoms. The molecule has 5 heteroatoms. The van der Waals surface area contributed by atoms with Crippen molar-refractivity contribution in [3.8, 4) is 5.75 Å². The number of hydrogen-bond acceptors (Lipinski definition) is 2. The minimum Gasteiger partial charge on any atom is -0.489 e. The lowest BCUT2D eigenvalue weighted by atomic mass is 10.3. The molecule has 1 aromatic carbocycles. The molecule has 1 unspecified atom stereocenters. The Balaban J connectivity index is 2.82. The summed E-state index contributed by atoms with van der Waals surface area (Å²) in [4.78, 5) is 0. The van der Waals surface area contributed by atoms with Gasteiger partial charge in [0.1, 0.15) is 12.4 Å². The second kappa shape index (κ2) is 5.08. The number of aliphatic hydroxyl groups is 1. The van der Waals surface area contributed by atoms with Gasteiger partial charge in [-0.3, -0.25) is 0 Å². The summed E-state index contributed by atoms with van der Waals surface area (Å²) in [6.07, 6.45) is -0.805. The van der Waals surface area contributed by atoms with Crippen molar-refractivity contribution >= 4 is 34.8 Å². The average Bonchev–Trinajstić information content (AvgIpc) is 2.09. The number of halogens is 3. The summed E-state index contributed by atoms with van der Waals surface area (Å²) < 4.78 is 5.15. The van der Waals surface area contributed by atoms with Crippen LogP contribution in [0.5, 0.6) is 5.75 Å². The van der Waals surface area contributed by atoms with Gasteiger partial charge in [-0.15, -0.1) is 0 Å². The van der Waals surface area contributed by atoms with E-state index in [2.05, 4.69) is 6.92 Å². The van der Waals surface area contributed by atoms with Crippen molar-refractivity contribution in [3.63, 3.8) is 0 Å². The normalized spacial score (nSPS) is 12.6. The maximum absolute atomic E-state index is 8.89. The first-order chi connectivity index (χ1) is 6.50. The first kappa shape index (κ1) is 11.9. The fraction of sp³-hybridized carbons (Fsp3) is 0.222. The largest absolute Gasteiger partial charge is 0.489 e. The molecule has 1 atom stereocenters. The Morgan fingerprint density at radius 2 is 1.79 bits per heavy atom. The molecule has 2 nitrogen and oxygen atoms in total. The first-order valence-corrected chi connectivity index (χ1v) is 4.92. The van der Waals surface area contributed by atoms with Crippen molar-refractivity contribution < 1.29 is 9.84 Å². The van der Waals surface area contributed by atoms with Gasteiger partial charge in [0.15, 0.2) is 0 Å². The number of aliphatic hydroxyl groups excluding tert-OH is 1. The van der Waals surface area contributed by atoms with Gasteiger partial charge in [0.25, 0.3) is 0 Å². The molecule has 0 saturated carbocycles. The maximum Gasteiger partial charge on any atom is 0.139 e. The van der Waals surface area contributed by atoms with Crippen molar-refractivity contribution in [2.45, 2.75) is 6.10 Å². The molecule has 0 aromatic heterocycles. The van der Waals surface area contributed by atoms with Gasteiger partial charge in [-0.25, -0.2) is 0 Å². The van der Waals surface area contributed by atoms with Crippen LogP contribution in [0.4, 0.5) is 0 Å². The van der Waals surface area contributed by atoms with Gasteiger partial charge < -0.3 is 9.84 Å². The number of ether oxygens (including phenoxy) is 1. The summed E-state index contributed by atoms with van der Waals surface area (Å²) >= 11 is 17.3. The van der Waals surface area contributed by atoms with Crippen LogP contribution in [-0.4, -0.2) is 17.8 Å². The number of benzene rings is 1. The summed E-state index contributed by atoms with van der Waals surface area (Å²) in [7, 11) is 0. The van der Waals surface area contributed by atoms with E-state index in [0.717, 1.165) is 0 Å². The molecule has 0 aliphatic heterocycles. The highest BCUT2D eigenvalue weighted by Crippen LogP contribution is 2.33. The van der Waals surface area contributed by atoms with Gasteiger partial charge in [-0.2, -0.15) is 0 Å². The molecule has 1 rings (SSSR count). The van der Waals surface area contributed by atoms with Crippen molar-refractivity contribution in [1.29, 1.82) is 0 Å². The second-order valence-electron chi connectivity index (χ2n) is 2.66. The van der Waals surface area contributed by atoms with E-state index in [9.17, 15) is 0 Å². The summed E-state index contributed by atoms with van der Waals surface area (Å²) in [5.41, 5.74) is 0. The van der Waals surface area contributed by atoms with Crippen molar-refractivity contribution in [2.75, 3.05) is 6.61 Å². The van der Waals surface area contributed by atoms with Crippen LogP contribution < -0.4 is 4.74 Å². The zero-order valence-electron chi connectivity index (χ0n) is 7.14. The Hall–Kier alpha value is -0.150. The standard InChI is InChI=1S/C9H8Cl3O2/c1-5(13)4-14-9-3-7(11)6(10)2-8(9)12/h2-3,5,13H,1,4H2. The minimum absolute atomic E-state index is 0.0533. The van der Waals surface area contributed by atoms with Gasteiger partial charge >= 0.3 is 0 Å². The molecule has 0 heterocycles. The number of rotatable bonds is 3. The second-order valence-corrected chi connectivity index (χ2v) is 3.88. The van der Waals surface area contributed by atoms with E-state index < -0.39 is 6.10 Å². The summed E-state index contributed by atoms with van der Waals surface area (Å²) in [5, 5.41) is 9.95. The third-order valence-electron chi connectivity index (χ3n) is 1.41. The lowest BCUT2D eigenvalue weighted by Crippen LogP contribution is -2.13. The molecule has 0 spiro atoms. The summed E-state index contributed by atoms with van der Waals surface area (Å²) in [6.45, 7) is 3.40. The monoisotopic (exact) mass is 253 g/mol. The molecule has 1 N–H and O–H groups in total. The summed E-state index contributed by atoms with van der Waals surface area (Å²) in [5.74, 6) is 0.378. The third-order valence-corrected chi connectivity index (χ3v) is 2.42. The van der Waals surface area contributed by atoms with Crippen LogP contribution in [0.3, 0.4) is 0 Å². The molecule has 0 fully saturated rings. The topological polar surface area (TPSA) is 29.5 Å². The summed E-state index contributed by atoms with van der Waals surface area (Å²) in [6, 6.07) is 2.98. The van der Waals surface area contributed by atoms with E-state index in [4.69, 9.17) is 44.6 Å². The molecular formula is C9H8Cl3O2. The minimum atomic E-state index is -0.805. The van der Waals surface area contributed by atoms with Crippen LogP contribution in [0.1, 0.15) is 0 Å². The Morgan fingerprint density at radius 3 is 2.36 bits per heavy atom. The predicted molar refractivity (Wildman–Crippen MR) is 58.3 cm³/mol. The van der Waals surface area contributed by atoms with Gasteiger partial charge in [0, 0.05) is 6.07 Å². The molecular weight excluding hydrogens is 246 g/mol. The highest BCUT2D eigenvalue weighted by atomic mass is 35.5. The molecule has 0 amide bonds. The van der Waals surface area contributed by atoms with Crippen molar-refractivity contribution in [1.82, 2.24) is 0 Å². The molecule has 1 radical (unpaired) electrons. The van der Waals surface area contributed by atoms with E-state index in [1.807, 2.05) is 0 Å². The van der Waals surface area contributed by atoms with E-state index in [0.29, 0.717) is 20.8 Å². The molecule has 0 aliphatic rings. The van der Waals surface area contributed by atoms with Gasteiger partial charge in [0.2, 0.25) is 0 Å². The van der Waals surface area contributed by atoms with Crippen molar-refractivity contribution in [2.24, 2.45) is 0 Å². The Labute approximate surface area is 97.3 Å². The fourth-order valence-electron chi connectivity index (χ4n) is 0.801. The van der Waals surface area contributed by atoms with E-state index in [1.54, 1.807) is 0 Å². The van der Waals surface area contributed by atoms with Crippen LogP contribution >= 0.6 is 34.8 Å². The Bertz CT molecular complexity index is 326. The molecule has 0 aliphatic carbocycles. The SMILES string of the molecule is [CH2]C(O)COc1cc(Cl)c(Cl)cc1Cl. The first-order valence-electron chi connectivity index (χ1n) is 3.79. The van der Waals surface area contributed by atoms with Crippen LogP contribution in [-0.2, 0) is 0 Å². The van der Waals surface area contributed by atoms with E-state index in [1.165, 1.54) is 12.1 Å². The Kier molecular flexibility index (Phi) is 4.32. The quantitative estimate of drug-likeness (QED) is 0.839. The maximum atomic E-state index is 8.89. The van der Waals surface area contributed by atoms with Crippen LogP contribution in [0.25, 0.3) is 0 Å².